The predicted octanol–water partition coefficient (Wildman–Crippen LogP) is 1.26. The van der Waals surface area contributed by atoms with Gasteiger partial charge in [0.05, 0.1) is 31.7 Å². The largest absolute Gasteiger partial charge is 0.495 e. The van der Waals surface area contributed by atoms with Crippen molar-refractivity contribution >= 4 is 11.6 Å². The summed E-state index contributed by atoms with van der Waals surface area (Å²) < 4.78 is 5.17. The molecule has 0 saturated heterocycles. The van der Waals surface area contributed by atoms with Crippen LogP contribution in [0.2, 0.25) is 0 Å². The average Bonchev–Trinajstić information content (AvgIpc) is 2.57. The lowest BCUT2D eigenvalue weighted by molar-refractivity contribution is -0.115. The van der Waals surface area contributed by atoms with Gasteiger partial charge in [-0.25, -0.2) is 0 Å². The number of nitrogens with one attached hydrogen (secondary N) is 1. The summed E-state index contributed by atoms with van der Waals surface area (Å²) in [6, 6.07) is 5.74. The first-order valence-electron chi connectivity index (χ1n) is 4.61. The molecule has 15 heavy (non-hydrogen) atoms. The van der Waals surface area contributed by atoms with E-state index in [1.165, 1.54) is 0 Å². The molecule has 0 spiro atoms. The van der Waals surface area contributed by atoms with E-state index in [9.17, 15) is 4.79 Å². The van der Waals surface area contributed by atoms with Crippen molar-refractivity contribution in [2.75, 3.05) is 12.4 Å². The van der Waals surface area contributed by atoms with Crippen LogP contribution in [-0.4, -0.2) is 13.0 Å². The van der Waals surface area contributed by atoms with Crippen LogP contribution in [0, 0.1) is 11.3 Å². The Morgan fingerprint density at radius 2 is 2.40 bits per heavy atom. The number of nitrogens with zero attached hydrogens (tertiary/aromatic N) is 1. The lowest BCUT2D eigenvalue weighted by Crippen LogP contribution is -2.04. The van der Waals surface area contributed by atoms with E-state index in [4.69, 9.17) is 10.00 Å². The molecule has 0 bridgehead atoms. The van der Waals surface area contributed by atoms with Crippen molar-refractivity contribution in [2.24, 2.45) is 0 Å². The topological polar surface area (TPSA) is 62.1 Å². The molecule has 0 saturated carbocycles. The first-order valence-corrected chi connectivity index (χ1v) is 4.61. The van der Waals surface area contributed by atoms with Gasteiger partial charge in [-0.1, -0.05) is 6.07 Å². The molecule has 1 heterocycles. The first kappa shape index (κ1) is 9.53. The van der Waals surface area contributed by atoms with Gasteiger partial charge in [-0.05, 0) is 17.2 Å². The fraction of sp³-hybridized carbons (Fsp3) is 0.273. The highest BCUT2D eigenvalue weighted by molar-refractivity contribution is 6.01. The molecular formula is C11H10N2O2. The highest BCUT2D eigenvalue weighted by atomic mass is 16.5. The van der Waals surface area contributed by atoms with Gasteiger partial charge < -0.3 is 10.1 Å². The number of amides is 1. The molecule has 0 fully saturated rings. The Bertz CT molecular complexity index is 460. The molecule has 1 aromatic rings. The van der Waals surface area contributed by atoms with Gasteiger partial charge in [-0.3, -0.25) is 4.79 Å². The molecule has 0 unspecified atom stereocenters. The fourth-order valence-corrected chi connectivity index (χ4v) is 1.73. The van der Waals surface area contributed by atoms with Crippen LogP contribution >= 0.6 is 0 Å². The average molecular weight is 202 g/mol. The van der Waals surface area contributed by atoms with Crippen LogP contribution in [0.25, 0.3) is 0 Å². The Hall–Kier alpha value is -2.02. The van der Waals surface area contributed by atoms with Crippen molar-refractivity contribution in [3.63, 3.8) is 0 Å². The highest BCUT2D eigenvalue weighted by Crippen LogP contribution is 2.34. The standard InChI is InChI=1S/C11H10N2O2/c1-15-9-5-7(2-3-12)4-8-6-10(14)13-11(8)9/h4-5H,2,6H2,1H3,(H,13,14). The number of nitriles is 1. The number of hydrogen-bond donors (Lipinski definition) is 1. The SMILES string of the molecule is COc1cc(CC#N)cc2c1NC(=O)C2. The minimum atomic E-state index is -0.0302. The molecular weight excluding hydrogens is 192 g/mol. The van der Waals surface area contributed by atoms with E-state index in [0.717, 1.165) is 16.8 Å². The van der Waals surface area contributed by atoms with E-state index in [1.807, 2.05) is 6.07 Å². The van der Waals surface area contributed by atoms with Crippen LogP contribution < -0.4 is 10.1 Å². The Balaban J connectivity index is 2.48. The summed E-state index contributed by atoms with van der Waals surface area (Å²) in [5.41, 5.74) is 2.53. The number of carbonyl (C=O) groups is 1. The number of ether oxygens (including phenoxy) is 1. The minimum Gasteiger partial charge on any atom is -0.495 e. The van der Waals surface area contributed by atoms with Crippen LogP contribution in [0.15, 0.2) is 12.1 Å². The molecule has 0 atom stereocenters. The summed E-state index contributed by atoms with van der Waals surface area (Å²) in [6.45, 7) is 0. The van der Waals surface area contributed by atoms with Gasteiger partial charge in [-0.15, -0.1) is 0 Å². The summed E-state index contributed by atoms with van der Waals surface area (Å²) in [6.07, 6.45) is 0.697. The molecule has 4 heteroatoms. The van der Waals surface area contributed by atoms with Crippen LogP contribution in [0.1, 0.15) is 11.1 Å². The minimum absolute atomic E-state index is 0.0302. The second kappa shape index (κ2) is 3.62. The van der Waals surface area contributed by atoms with Gasteiger partial charge in [0, 0.05) is 0 Å². The van der Waals surface area contributed by atoms with E-state index in [1.54, 1.807) is 13.2 Å². The zero-order chi connectivity index (χ0) is 10.8. The lowest BCUT2D eigenvalue weighted by atomic mass is 10.1. The Morgan fingerprint density at radius 3 is 3.07 bits per heavy atom. The van der Waals surface area contributed by atoms with Crippen molar-refractivity contribution in [1.82, 2.24) is 0 Å². The van der Waals surface area contributed by atoms with Gasteiger partial charge in [0.25, 0.3) is 0 Å². The molecule has 1 amide bonds. The van der Waals surface area contributed by atoms with E-state index in [2.05, 4.69) is 11.4 Å². The zero-order valence-electron chi connectivity index (χ0n) is 8.33. The summed E-state index contributed by atoms with van der Waals surface area (Å²) >= 11 is 0. The molecule has 4 nitrogen and oxygen atoms in total. The van der Waals surface area contributed by atoms with Crippen LogP contribution in [0.3, 0.4) is 0 Å². The highest BCUT2D eigenvalue weighted by Gasteiger charge is 2.22. The monoisotopic (exact) mass is 202 g/mol. The summed E-state index contributed by atoms with van der Waals surface area (Å²) in [5, 5.41) is 11.3. The van der Waals surface area contributed by atoms with Crippen molar-refractivity contribution < 1.29 is 9.53 Å². The summed E-state index contributed by atoms with van der Waals surface area (Å²) in [5.74, 6) is 0.598. The van der Waals surface area contributed by atoms with Crippen molar-refractivity contribution in [1.29, 1.82) is 5.26 Å². The van der Waals surface area contributed by atoms with E-state index in [0.29, 0.717) is 18.6 Å². The molecule has 1 aliphatic heterocycles. The first-order chi connectivity index (χ1) is 7.24. The Labute approximate surface area is 87.5 Å². The van der Waals surface area contributed by atoms with Crippen LogP contribution in [0.5, 0.6) is 5.75 Å². The molecule has 1 N–H and O–H groups in total. The number of carbonyl (C=O) groups excluding carboxylic acids is 1. The number of rotatable bonds is 2. The van der Waals surface area contributed by atoms with Gasteiger partial charge >= 0.3 is 0 Å². The molecule has 1 aromatic carbocycles. The van der Waals surface area contributed by atoms with E-state index in [-0.39, 0.29) is 5.91 Å². The summed E-state index contributed by atoms with van der Waals surface area (Å²) in [7, 11) is 1.55. The zero-order valence-corrected chi connectivity index (χ0v) is 8.33. The van der Waals surface area contributed by atoms with Gasteiger partial charge in [-0.2, -0.15) is 5.26 Å². The van der Waals surface area contributed by atoms with Gasteiger partial charge in [0.15, 0.2) is 0 Å². The smallest absolute Gasteiger partial charge is 0.228 e. The van der Waals surface area contributed by atoms with Crippen molar-refractivity contribution in [2.45, 2.75) is 12.8 Å². The van der Waals surface area contributed by atoms with Crippen molar-refractivity contribution in [3.8, 4) is 11.8 Å². The van der Waals surface area contributed by atoms with E-state index < -0.39 is 0 Å². The number of fused-ring (bicyclic) bond motifs is 1. The normalized spacial score (nSPS) is 12.9. The maximum atomic E-state index is 11.2. The third-order valence-corrected chi connectivity index (χ3v) is 2.36. The van der Waals surface area contributed by atoms with Crippen molar-refractivity contribution in [3.05, 3.63) is 23.3 Å². The molecule has 1 aliphatic rings. The number of anilines is 1. The maximum Gasteiger partial charge on any atom is 0.228 e. The Kier molecular flexibility index (Phi) is 2.30. The number of methoxy groups -OCH3 is 1. The Morgan fingerprint density at radius 1 is 1.60 bits per heavy atom. The lowest BCUT2D eigenvalue weighted by Gasteiger charge is -2.08. The fourth-order valence-electron chi connectivity index (χ4n) is 1.73. The number of hydrogen-bond acceptors (Lipinski definition) is 3. The number of benzene rings is 1. The van der Waals surface area contributed by atoms with Crippen LogP contribution in [0.4, 0.5) is 5.69 Å². The van der Waals surface area contributed by atoms with Crippen LogP contribution in [-0.2, 0) is 17.6 Å². The molecule has 76 valence electrons. The van der Waals surface area contributed by atoms with Gasteiger partial charge in [0.1, 0.15) is 5.75 Å². The molecule has 0 aliphatic carbocycles. The maximum absolute atomic E-state index is 11.2. The second-order valence-corrected chi connectivity index (χ2v) is 3.39. The second-order valence-electron chi connectivity index (χ2n) is 3.39. The molecule has 0 aromatic heterocycles. The molecule has 0 radical (unpaired) electrons. The third-order valence-electron chi connectivity index (χ3n) is 2.36. The third kappa shape index (κ3) is 1.64. The molecule has 2 rings (SSSR count). The quantitative estimate of drug-likeness (QED) is 0.785. The summed E-state index contributed by atoms with van der Waals surface area (Å²) in [4.78, 5) is 11.2. The van der Waals surface area contributed by atoms with E-state index >= 15 is 0 Å². The van der Waals surface area contributed by atoms with Gasteiger partial charge in [0.2, 0.25) is 5.91 Å². The predicted molar refractivity (Wildman–Crippen MR) is 54.6 cm³/mol.